The minimum atomic E-state index is -0.162. The second-order valence-corrected chi connectivity index (χ2v) is 6.37. The van der Waals surface area contributed by atoms with Gasteiger partial charge in [-0.05, 0) is 44.5 Å². The van der Waals surface area contributed by atoms with Gasteiger partial charge in [-0.15, -0.1) is 0 Å². The number of rotatable bonds is 6. The first-order chi connectivity index (χ1) is 12.0. The zero-order valence-electron chi connectivity index (χ0n) is 14.8. The fourth-order valence-electron chi connectivity index (χ4n) is 3.03. The van der Waals surface area contributed by atoms with Crippen LogP contribution in [0.25, 0.3) is 0 Å². The summed E-state index contributed by atoms with van der Waals surface area (Å²) in [7, 11) is 0. The summed E-state index contributed by atoms with van der Waals surface area (Å²) in [5.74, 6) is 0.769. The summed E-state index contributed by atoms with van der Waals surface area (Å²) < 4.78 is 7.47. The molecule has 1 N–H and O–H groups in total. The molecule has 3 aromatic rings. The first-order valence-corrected chi connectivity index (χ1v) is 8.41. The lowest BCUT2D eigenvalue weighted by molar-refractivity contribution is -0.120. The molecule has 2 aromatic heterocycles. The van der Waals surface area contributed by atoms with Gasteiger partial charge >= 0.3 is 0 Å². The maximum Gasteiger partial charge on any atom is 0.224 e. The largest absolute Gasteiger partial charge is 0.467 e. The first-order valence-electron chi connectivity index (χ1n) is 8.41. The van der Waals surface area contributed by atoms with Crippen LogP contribution in [0, 0.1) is 20.8 Å². The van der Waals surface area contributed by atoms with Crippen LogP contribution < -0.4 is 5.32 Å². The number of amides is 1. The van der Waals surface area contributed by atoms with Crippen LogP contribution in [0.4, 0.5) is 0 Å². The van der Waals surface area contributed by atoms with Crippen molar-refractivity contribution in [3.8, 4) is 0 Å². The second-order valence-electron chi connectivity index (χ2n) is 6.37. The van der Waals surface area contributed by atoms with Gasteiger partial charge in [0.15, 0.2) is 0 Å². The number of carbonyl (C=O) groups excluding carboxylic acids is 1. The maximum atomic E-state index is 12.3. The van der Waals surface area contributed by atoms with E-state index in [1.54, 1.807) is 6.26 Å². The van der Waals surface area contributed by atoms with E-state index in [1.807, 2.05) is 67.9 Å². The minimum Gasteiger partial charge on any atom is -0.467 e. The Morgan fingerprint density at radius 1 is 1.20 bits per heavy atom. The van der Waals surface area contributed by atoms with E-state index in [9.17, 15) is 4.79 Å². The van der Waals surface area contributed by atoms with Crippen LogP contribution in [0.3, 0.4) is 0 Å². The summed E-state index contributed by atoms with van der Waals surface area (Å²) >= 11 is 0. The van der Waals surface area contributed by atoms with Gasteiger partial charge in [-0.1, -0.05) is 29.8 Å². The van der Waals surface area contributed by atoms with Crippen molar-refractivity contribution in [3.63, 3.8) is 0 Å². The lowest BCUT2D eigenvalue weighted by Crippen LogP contribution is -2.33. The van der Waals surface area contributed by atoms with Gasteiger partial charge in [0.1, 0.15) is 11.8 Å². The molecule has 0 fully saturated rings. The number of nitrogens with zero attached hydrogens (tertiary/aromatic N) is 2. The van der Waals surface area contributed by atoms with Crippen molar-refractivity contribution in [2.75, 3.05) is 6.54 Å². The molecule has 0 aliphatic carbocycles. The van der Waals surface area contributed by atoms with Gasteiger partial charge in [0.2, 0.25) is 5.91 Å². The fraction of sp³-hybridized carbons (Fsp3) is 0.300. The SMILES string of the molecule is Cc1cccc(CC(=O)NCC(c2ccco2)n2nc(C)cc2C)c1. The first kappa shape index (κ1) is 17.0. The third kappa shape index (κ3) is 4.18. The highest BCUT2D eigenvalue weighted by Crippen LogP contribution is 2.20. The van der Waals surface area contributed by atoms with Crippen molar-refractivity contribution in [2.24, 2.45) is 0 Å². The molecule has 0 saturated carbocycles. The van der Waals surface area contributed by atoms with Crippen LogP contribution in [-0.4, -0.2) is 22.2 Å². The molecule has 1 atom stereocenters. The van der Waals surface area contributed by atoms with Gasteiger partial charge in [0.05, 0.1) is 18.4 Å². The van der Waals surface area contributed by atoms with Crippen LogP contribution in [0.1, 0.15) is 34.3 Å². The predicted molar refractivity (Wildman–Crippen MR) is 96.4 cm³/mol. The van der Waals surface area contributed by atoms with Gasteiger partial charge in [0, 0.05) is 12.2 Å². The lowest BCUT2D eigenvalue weighted by Gasteiger charge is -2.18. The lowest BCUT2D eigenvalue weighted by atomic mass is 10.1. The molecule has 0 radical (unpaired) electrons. The number of carbonyl (C=O) groups is 1. The Hall–Kier alpha value is -2.82. The number of hydrogen-bond donors (Lipinski definition) is 1. The zero-order valence-corrected chi connectivity index (χ0v) is 14.8. The topological polar surface area (TPSA) is 60.1 Å². The molecule has 0 saturated heterocycles. The van der Waals surface area contributed by atoms with Crippen LogP contribution in [0.5, 0.6) is 0 Å². The van der Waals surface area contributed by atoms with Crippen molar-refractivity contribution in [1.82, 2.24) is 15.1 Å². The number of aromatic nitrogens is 2. The molecular weight excluding hydrogens is 314 g/mol. The fourth-order valence-corrected chi connectivity index (χ4v) is 3.03. The number of nitrogens with one attached hydrogen (secondary N) is 1. The van der Waals surface area contributed by atoms with Crippen molar-refractivity contribution in [3.05, 3.63) is 77.0 Å². The van der Waals surface area contributed by atoms with Gasteiger partial charge in [-0.3, -0.25) is 9.48 Å². The Bertz CT molecular complexity index is 850. The van der Waals surface area contributed by atoms with E-state index in [4.69, 9.17) is 4.42 Å². The summed E-state index contributed by atoms with van der Waals surface area (Å²) in [5.41, 5.74) is 4.14. The average molecular weight is 337 g/mol. The third-order valence-electron chi connectivity index (χ3n) is 4.15. The molecule has 130 valence electrons. The number of hydrogen-bond acceptors (Lipinski definition) is 3. The van der Waals surface area contributed by atoms with Crippen LogP contribution in [-0.2, 0) is 11.2 Å². The summed E-state index contributed by atoms with van der Waals surface area (Å²) in [6.07, 6.45) is 2.01. The van der Waals surface area contributed by atoms with Gasteiger partial charge in [-0.25, -0.2) is 0 Å². The zero-order chi connectivity index (χ0) is 17.8. The quantitative estimate of drug-likeness (QED) is 0.750. The second kappa shape index (κ2) is 7.38. The predicted octanol–water partition coefficient (Wildman–Crippen LogP) is 3.35. The standard InChI is InChI=1S/C20H23N3O2/c1-14-6-4-7-17(10-14)12-20(24)21-13-18(19-8-5-9-25-19)23-16(3)11-15(2)22-23/h4-11,18H,12-13H2,1-3H3,(H,21,24). The van der Waals surface area contributed by atoms with E-state index < -0.39 is 0 Å². The van der Waals surface area contributed by atoms with Crippen molar-refractivity contribution >= 4 is 5.91 Å². The van der Waals surface area contributed by atoms with Crippen LogP contribution in [0.15, 0.2) is 53.1 Å². The van der Waals surface area contributed by atoms with E-state index >= 15 is 0 Å². The summed E-state index contributed by atoms with van der Waals surface area (Å²) in [6, 6.07) is 13.6. The number of benzene rings is 1. The van der Waals surface area contributed by atoms with Crippen molar-refractivity contribution < 1.29 is 9.21 Å². The van der Waals surface area contributed by atoms with Gasteiger partial charge in [-0.2, -0.15) is 5.10 Å². The number of aryl methyl sites for hydroxylation is 3. The molecule has 1 aromatic carbocycles. The molecule has 1 amide bonds. The number of furan rings is 1. The van der Waals surface area contributed by atoms with Crippen molar-refractivity contribution in [2.45, 2.75) is 33.2 Å². The Balaban J connectivity index is 1.71. The molecule has 0 spiro atoms. The Kier molecular flexibility index (Phi) is 5.03. The molecule has 1 unspecified atom stereocenters. The van der Waals surface area contributed by atoms with E-state index in [1.165, 1.54) is 0 Å². The highest BCUT2D eigenvalue weighted by molar-refractivity contribution is 5.78. The highest BCUT2D eigenvalue weighted by Gasteiger charge is 2.20. The van der Waals surface area contributed by atoms with Gasteiger partial charge in [0.25, 0.3) is 0 Å². The molecule has 3 rings (SSSR count). The Morgan fingerprint density at radius 2 is 2.04 bits per heavy atom. The third-order valence-corrected chi connectivity index (χ3v) is 4.15. The molecule has 0 aliphatic heterocycles. The molecule has 25 heavy (non-hydrogen) atoms. The molecular formula is C20H23N3O2. The normalized spacial score (nSPS) is 12.1. The maximum absolute atomic E-state index is 12.3. The van der Waals surface area contributed by atoms with E-state index in [0.717, 1.165) is 28.3 Å². The monoisotopic (exact) mass is 337 g/mol. The summed E-state index contributed by atoms with van der Waals surface area (Å²) in [4.78, 5) is 12.3. The molecule has 0 bridgehead atoms. The Morgan fingerprint density at radius 3 is 2.68 bits per heavy atom. The summed E-state index contributed by atoms with van der Waals surface area (Å²) in [5, 5.41) is 7.56. The minimum absolute atomic E-state index is 0.0105. The molecule has 5 nitrogen and oxygen atoms in total. The average Bonchev–Trinajstić information content (AvgIpc) is 3.18. The molecule has 0 aliphatic rings. The van der Waals surface area contributed by atoms with Crippen LogP contribution >= 0.6 is 0 Å². The molecule has 2 heterocycles. The van der Waals surface area contributed by atoms with Crippen molar-refractivity contribution in [1.29, 1.82) is 0 Å². The highest BCUT2D eigenvalue weighted by atomic mass is 16.3. The molecule has 5 heteroatoms. The van der Waals surface area contributed by atoms with E-state index in [-0.39, 0.29) is 11.9 Å². The van der Waals surface area contributed by atoms with Gasteiger partial charge < -0.3 is 9.73 Å². The summed E-state index contributed by atoms with van der Waals surface area (Å²) in [6.45, 7) is 6.42. The van der Waals surface area contributed by atoms with E-state index in [2.05, 4.69) is 10.4 Å². The smallest absolute Gasteiger partial charge is 0.224 e. The van der Waals surface area contributed by atoms with E-state index in [0.29, 0.717) is 13.0 Å². The van der Waals surface area contributed by atoms with Crippen LogP contribution in [0.2, 0.25) is 0 Å². The Labute approximate surface area is 147 Å².